The minimum atomic E-state index is -2.92. The van der Waals surface area contributed by atoms with E-state index in [1.165, 1.54) is 5.56 Å². The molecule has 0 bridgehead atoms. The molecule has 1 saturated heterocycles. The van der Waals surface area contributed by atoms with Gasteiger partial charge in [0.15, 0.2) is 0 Å². The van der Waals surface area contributed by atoms with Crippen LogP contribution in [-0.2, 0) is 29.3 Å². The fraction of sp³-hybridized carbons (Fsp3) is 0.382. The summed E-state index contributed by atoms with van der Waals surface area (Å²) < 4.78 is 57.1. The van der Waals surface area contributed by atoms with Crippen molar-refractivity contribution >= 4 is 15.5 Å². The summed E-state index contributed by atoms with van der Waals surface area (Å²) in [6.07, 6.45) is 7.64. The number of aryl methyl sites for hydroxylation is 2. The highest BCUT2D eigenvalue weighted by molar-refractivity contribution is 7.91. The zero-order valence-electron chi connectivity index (χ0n) is 23.7. The van der Waals surface area contributed by atoms with Crippen molar-refractivity contribution in [3.8, 4) is 28.4 Å². The molecule has 42 heavy (non-hydrogen) atoms. The quantitative estimate of drug-likeness (QED) is 0.312. The van der Waals surface area contributed by atoms with Gasteiger partial charge in [-0.3, -0.25) is 4.99 Å². The molecule has 0 saturated carbocycles. The second-order valence-electron chi connectivity index (χ2n) is 12.2. The average Bonchev–Trinajstić information content (AvgIpc) is 3.26. The number of rotatable bonds is 7. The van der Waals surface area contributed by atoms with Crippen LogP contribution in [0.25, 0.3) is 11.1 Å². The van der Waals surface area contributed by atoms with Gasteiger partial charge < -0.3 is 14.2 Å². The van der Waals surface area contributed by atoms with E-state index in [9.17, 15) is 8.42 Å². The summed E-state index contributed by atoms with van der Waals surface area (Å²) in [5, 5.41) is 0. The summed E-state index contributed by atoms with van der Waals surface area (Å²) in [6, 6.07) is 15.5. The van der Waals surface area contributed by atoms with Crippen LogP contribution in [0.3, 0.4) is 0 Å². The summed E-state index contributed by atoms with van der Waals surface area (Å²) in [5.74, 6) is 2.57. The maximum atomic E-state index is 15.2. The Morgan fingerprint density at radius 2 is 1.71 bits per heavy atom. The molecule has 0 amide bonds. The Bertz CT molecular complexity index is 1710. The van der Waals surface area contributed by atoms with E-state index < -0.39 is 9.84 Å². The number of sulfone groups is 1. The molecule has 218 valence electrons. The summed E-state index contributed by atoms with van der Waals surface area (Å²) >= 11 is 0. The molecule has 6 nitrogen and oxygen atoms in total. The molecule has 3 aromatic rings. The van der Waals surface area contributed by atoms with Gasteiger partial charge in [0, 0.05) is 28.8 Å². The van der Waals surface area contributed by atoms with E-state index in [2.05, 4.69) is 24.0 Å². The second-order valence-corrected chi connectivity index (χ2v) is 14.5. The van der Waals surface area contributed by atoms with Crippen molar-refractivity contribution in [2.24, 2.45) is 10.4 Å². The van der Waals surface area contributed by atoms with Crippen molar-refractivity contribution in [2.75, 3.05) is 24.7 Å². The van der Waals surface area contributed by atoms with Crippen molar-refractivity contribution in [2.45, 2.75) is 51.6 Å². The molecule has 0 N–H and O–H groups in total. The van der Waals surface area contributed by atoms with Gasteiger partial charge >= 0.3 is 0 Å². The van der Waals surface area contributed by atoms with Gasteiger partial charge in [0.1, 0.15) is 46.1 Å². The summed E-state index contributed by atoms with van der Waals surface area (Å²) in [6.45, 7) is 3.28. The van der Waals surface area contributed by atoms with Gasteiger partial charge in [-0.25, -0.2) is 12.8 Å². The molecule has 3 heterocycles. The molecule has 3 aromatic carbocycles. The Labute approximate surface area is 246 Å². The lowest BCUT2D eigenvalue weighted by Gasteiger charge is -2.33. The highest BCUT2D eigenvalue weighted by Crippen LogP contribution is 2.40. The van der Waals surface area contributed by atoms with Gasteiger partial charge in [0.25, 0.3) is 0 Å². The number of fused-ring (bicyclic) bond motifs is 4. The molecule has 0 unspecified atom stereocenters. The number of benzene rings is 3. The van der Waals surface area contributed by atoms with Crippen molar-refractivity contribution in [3.05, 3.63) is 88.9 Å². The van der Waals surface area contributed by atoms with E-state index in [1.807, 2.05) is 36.4 Å². The lowest BCUT2D eigenvalue weighted by atomic mass is 9.85. The minimum Gasteiger partial charge on any atom is -0.493 e. The lowest BCUT2D eigenvalue weighted by molar-refractivity contribution is 0.149. The zero-order chi connectivity index (χ0) is 28.9. The molecule has 1 fully saturated rings. The van der Waals surface area contributed by atoms with Crippen LogP contribution in [0.2, 0.25) is 0 Å². The van der Waals surface area contributed by atoms with Crippen LogP contribution in [0.15, 0.2) is 65.8 Å². The number of nitrogens with zero attached hydrogens (tertiary/aromatic N) is 1. The molecule has 0 spiro atoms. The first kappa shape index (κ1) is 27.2. The number of hydrogen-bond acceptors (Lipinski definition) is 6. The maximum absolute atomic E-state index is 15.2. The molecule has 1 aliphatic carbocycles. The van der Waals surface area contributed by atoms with Gasteiger partial charge in [-0.15, -0.1) is 0 Å². The van der Waals surface area contributed by atoms with Gasteiger partial charge in [0.05, 0.1) is 29.7 Å². The monoisotopic (exact) mass is 587 g/mol. The van der Waals surface area contributed by atoms with E-state index in [1.54, 1.807) is 12.3 Å². The third-order valence-corrected chi connectivity index (χ3v) is 10.8. The molecular weight excluding hydrogens is 553 g/mol. The van der Waals surface area contributed by atoms with E-state index in [0.29, 0.717) is 37.4 Å². The van der Waals surface area contributed by atoms with E-state index >= 15 is 4.39 Å². The molecule has 3 aliphatic heterocycles. The highest BCUT2D eigenvalue weighted by Gasteiger charge is 2.34. The standard InChI is InChI=1S/C34H34FNO5S/c1-34(10-13-42(37,38)14-11-34)21-41-25-5-7-27-22(15-25)3-2-4-23-17-31(35)24(16-29(23)27)19-39-26-6-8-28-30(32-9-12-36-32)20-40-33(28)18-26/h5-9,12,15-18,30H,2-4,10-11,13-14,19-21H2,1H3/t30-/m0/s1. The summed E-state index contributed by atoms with van der Waals surface area (Å²) in [4.78, 5) is 4.31. The molecule has 0 aromatic heterocycles. The Balaban J connectivity index is 1.07. The fourth-order valence-electron chi connectivity index (χ4n) is 6.31. The topological polar surface area (TPSA) is 74.2 Å². The van der Waals surface area contributed by atoms with Crippen LogP contribution >= 0.6 is 0 Å². The Hall–Kier alpha value is -3.65. The first-order valence-corrected chi connectivity index (χ1v) is 16.5. The number of ether oxygens (including phenoxy) is 3. The first-order chi connectivity index (χ1) is 20.3. The minimum absolute atomic E-state index is 0.113. The van der Waals surface area contributed by atoms with Crippen molar-refractivity contribution in [1.29, 1.82) is 0 Å². The Morgan fingerprint density at radius 1 is 0.976 bits per heavy atom. The van der Waals surface area contributed by atoms with Crippen LogP contribution < -0.4 is 14.2 Å². The van der Waals surface area contributed by atoms with E-state index in [-0.39, 0.29) is 35.3 Å². The number of aliphatic imine (C=N–C) groups is 1. The number of allylic oxidation sites excluding steroid dienone is 1. The first-order valence-electron chi connectivity index (χ1n) is 14.7. The van der Waals surface area contributed by atoms with E-state index in [0.717, 1.165) is 58.7 Å². The predicted octanol–water partition coefficient (Wildman–Crippen LogP) is 6.60. The van der Waals surface area contributed by atoms with Crippen LogP contribution in [0, 0.1) is 11.2 Å². The third-order valence-electron chi connectivity index (χ3n) is 9.14. The highest BCUT2D eigenvalue weighted by atomic mass is 32.2. The smallest absolute Gasteiger partial charge is 0.150 e. The average molecular weight is 588 g/mol. The lowest BCUT2D eigenvalue weighted by Crippen LogP contribution is -2.35. The van der Waals surface area contributed by atoms with Gasteiger partial charge in [0.2, 0.25) is 0 Å². The number of hydrogen-bond donors (Lipinski definition) is 0. The summed E-state index contributed by atoms with van der Waals surface area (Å²) in [5.41, 5.74) is 6.81. The number of halogens is 1. The normalized spacial score (nSPS) is 21.1. The molecular formula is C34H34FNO5S. The van der Waals surface area contributed by atoms with Crippen molar-refractivity contribution in [1.82, 2.24) is 0 Å². The molecule has 7 rings (SSSR count). The van der Waals surface area contributed by atoms with Gasteiger partial charge in [-0.05, 0) is 90.8 Å². The van der Waals surface area contributed by atoms with E-state index in [4.69, 9.17) is 14.2 Å². The van der Waals surface area contributed by atoms with Crippen LogP contribution in [0.1, 0.15) is 54.4 Å². The SMILES string of the molecule is CC1(COc2ccc3c(c2)CCCc2cc(F)c(COc4ccc5c(c4)OC[C@@H]5C4=NC=C4)cc2-3)CCS(=O)(=O)CC1. The molecule has 1 atom stereocenters. The molecule has 4 aliphatic rings. The van der Waals surface area contributed by atoms with Crippen LogP contribution in [0.4, 0.5) is 4.39 Å². The van der Waals surface area contributed by atoms with Gasteiger partial charge in [-0.1, -0.05) is 19.1 Å². The van der Waals surface area contributed by atoms with Crippen molar-refractivity contribution in [3.63, 3.8) is 0 Å². The fourth-order valence-corrected chi connectivity index (χ4v) is 8.12. The third kappa shape index (κ3) is 5.33. The zero-order valence-corrected chi connectivity index (χ0v) is 24.5. The largest absolute Gasteiger partial charge is 0.493 e. The second kappa shape index (κ2) is 10.6. The molecule has 0 radical (unpaired) electrons. The molecule has 8 heteroatoms. The van der Waals surface area contributed by atoms with Crippen LogP contribution in [-0.4, -0.2) is 38.8 Å². The predicted molar refractivity (Wildman–Crippen MR) is 161 cm³/mol. The van der Waals surface area contributed by atoms with Gasteiger partial charge in [-0.2, -0.15) is 0 Å². The van der Waals surface area contributed by atoms with Crippen molar-refractivity contribution < 1.29 is 27.0 Å². The van der Waals surface area contributed by atoms with Crippen LogP contribution in [0.5, 0.6) is 17.2 Å². The summed E-state index contributed by atoms with van der Waals surface area (Å²) in [7, 11) is -2.92. The maximum Gasteiger partial charge on any atom is 0.150 e. The Morgan fingerprint density at radius 3 is 2.48 bits per heavy atom. The Kier molecular flexibility index (Phi) is 6.84.